The number of carbonyl (C=O) groups excluding carboxylic acids is 1. The van der Waals surface area contributed by atoms with Crippen LogP contribution < -0.4 is 16.5 Å². The average molecular weight is 521 g/mol. The molecule has 5 aliphatic rings. The highest BCUT2D eigenvalue weighted by Crippen LogP contribution is 2.35. The molecule has 9 nitrogen and oxygen atoms in total. The van der Waals surface area contributed by atoms with Crippen molar-refractivity contribution in [2.24, 2.45) is 11.7 Å². The molecule has 6 unspecified atom stereocenters. The molecule has 0 aromatic heterocycles. The number of hydrazine groups is 1. The van der Waals surface area contributed by atoms with Gasteiger partial charge in [-0.15, -0.1) is 0 Å². The summed E-state index contributed by atoms with van der Waals surface area (Å²) in [6.45, 7) is 6.99. The third kappa shape index (κ3) is 6.79. The van der Waals surface area contributed by atoms with E-state index in [-0.39, 0.29) is 0 Å². The van der Waals surface area contributed by atoms with Crippen LogP contribution in [-0.4, -0.2) is 110 Å². The number of fused-ring (bicyclic) bond motifs is 1. The van der Waals surface area contributed by atoms with Crippen LogP contribution in [0.2, 0.25) is 0 Å². The number of methoxy groups -OCH3 is 1. The molecule has 2 saturated carbocycles. The predicted octanol–water partition coefficient (Wildman–Crippen LogP) is 2.31. The number of carbonyl (C=O) groups is 1. The summed E-state index contributed by atoms with van der Waals surface area (Å²) < 4.78 is 11.3. The van der Waals surface area contributed by atoms with E-state index in [0.717, 1.165) is 64.4 Å². The van der Waals surface area contributed by atoms with E-state index in [1.54, 1.807) is 0 Å². The van der Waals surface area contributed by atoms with Crippen molar-refractivity contribution in [2.45, 2.75) is 113 Å². The Balaban J connectivity index is 1.24. The van der Waals surface area contributed by atoms with E-state index in [4.69, 9.17) is 15.2 Å². The van der Waals surface area contributed by atoms with Gasteiger partial charge in [0.1, 0.15) is 0 Å². The number of primary amides is 1. The van der Waals surface area contributed by atoms with Crippen molar-refractivity contribution in [1.29, 1.82) is 0 Å². The normalized spacial score (nSPS) is 36.1. The maximum Gasteiger partial charge on any atom is 0.404 e. The van der Waals surface area contributed by atoms with Gasteiger partial charge in [0.05, 0.1) is 18.8 Å². The molecule has 3 aliphatic heterocycles. The van der Waals surface area contributed by atoms with Gasteiger partial charge in [0, 0.05) is 50.9 Å². The van der Waals surface area contributed by atoms with Crippen LogP contribution in [0.4, 0.5) is 4.79 Å². The first kappa shape index (κ1) is 27.6. The van der Waals surface area contributed by atoms with Crippen LogP contribution in [0, 0.1) is 5.92 Å². The Hall–Kier alpha value is -0.970. The summed E-state index contributed by atoms with van der Waals surface area (Å²) in [5, 5.41) is 6.43. The van der Waals surface area contributed by atoms with Crippen molar-refractivity contribution in [3.8, 4) is 0 Å². The fourth-order valence-electron chi connectivity index (χ4n) is 8.29. The molecule has 5 fully saturated rings. The van der Waals surface area contributed by atoms with Crippen molar-refractivity contribution in [1.82, 2.24) is 25.6 Å². The van der Waals surface area contributed by atoms with Gasteiger partial charge in [-0.3, -0.25) is 15.2 Å². The Morgan fingerprint density at radius 3 is 2.62 bits per heavy atom. The first-order valence-electron chi connectivity index (χ1n) is 15.3. The van der Waals surface area contributed by atoms with E-state index < -0.39 is 6.09 Å². The van der Waals surface area contributed by atoms with Crippen LogP contribution in [0.1, 0.15) is 77.0 Å². The molecule has 6 atom stereocenters. The number of rotatable bonds is 8. The number of nitrogens with two attached hydrogens (primary N) is 1. The number of amides is 1. The molecule has 212 valence electrons. The molecule has 0 aromatic rings. The van der Waals surface area contributed by atoms with Crippen LogP contribution in [-0.2, 0) is 9.47 Å². The topological polar surface area (TPSA) is 95.3 Å². The fraction of sp³-hybridized carbons (Fsp3) is 0.964. The Labute approximate surface area is 224 Å². The number of piperidine rings is 1. The smallest absolute Gasteiger partial charge is 0.404 e. The van der Waals surface area contributed by atoms with Gasteiger partial charge in [-0.05, 0) is 83.3 Å². The van der Waals surface area contributed by atoms with E-state index in [1.165, 1.54) is 57.8 Å². The van der Waals surface area contributed by atoms with Crippen LogP contribution in [0.15, 0.2) is 0 Å². The third-order valence-electron chi connectivity index (χ3n) is 10.1. The molecular weight excluding hydrogens is 468 g/mol. The monoisotopic (exact) mass is 520 g/mol. The van der Waals surface area contributed by atoms with Crippen LogP contribution in [0.25, 0.3) is 0 Å². The maximum atomic E-state index is 11.3. The second-order valence-electron chi connectivity index (χ2n) is 12.2. The van der Waals surface area contributed by atoms with Crippen molar-refractivity contribution < 1.29 is 14.3 Å². The largest absolute Gasteiger partial charge is 0.450 e. The SMILES string of the molecule is COC1CCC2CCCNC2C1N1CCCN(C(CCOC(N)=O)C2CCN(C3CCCCC3)N2)CC1. The summed E-state index contributed by atoms with van der Waals surface area (Å²) in [7, 11) is 1.91. The summed E-state index contributed by atoms with van der Waals surface area (Å²) >= 11 is 0. The second-order valence-corrected chi connectivity index (χ2v) is 12.2. The molecular formula is C28H52N6O3. The van der Waals surface area contributed by atoms with Crippen LogP contribution >= 0.6 is 0 Å². The first-order valence-corrected chi connectivity index (χ1v) is 15.3. The molecule has 3 heterocycles. The molecule has 5 rings (SSSR count). The van der Waals surface area contributed by atoms with Crippen molar-refractivity contribution in [2.75, 3.05) is 53.0 Å². The van der Waals surface area contributed by atoms with Crippen LogP contribution in [0.3, 0.4) is 0 Å². The minimum atomic E-state index is -0.665. The van der Waals surface area contributed by atoms with Gasteiger partial charge in [0.25, 0.3) is 0 Å². The minimum Gasteiger partial charge on any atom is -0.450 e. The molecule has 0 bridgehead atoms. The molecule has 0 radical (unpaired) electrons. The molecule has 37 heavy (non-hydrogen) atoms. The zero-order valence-electron chi connectivity index (χ0n) is 23.1. The van der Waals surface area contributed by atoms with Gasteiger partial charge >= 0.3 is 6.09 Å². The lowest BCUT2D eigenvalue weighted by Gasteiger charge is -2.49. The average Bonchev–Trinajstić information content (AvgIpc) is 3.29. The van der Waals surface area contributed by atoms with Gasteiger partial charge in [0.2, 0.25) is 0 Å². The Kier molecular flexibility index (Phi) is 9.99. The highest BCUT2D eigenvalue weighted by molar-refractivity contribution is 5.64. The van der Waals surface area contributed by atoms with E-state index in [1.807, 2.05) is 7.11 Å². The van der Waals surface area contributed by atoms with Crippen LogP contribution in [0.5, 0.6) is 0 Å². The number of hydrogen-bond donors (Lipinski definition) is 3. The standard InChI is InChI=1S/C28H52N6O3/c1-36-25-11-10-21-7-5-14-30-26(21)27(25)33-16-6-15-32(18-19-33)24(13-20-37-28(29)35)23-12-17-34(31-23)22-8-3-2-4-9-22/h21-27,30-31H,2-20H2,1H3,(H2,29,35). The summed E-state index contributed by atoms with van der Waals surface area (Å²) in [6, 6.07) is 2.44. The van der Waals surface area contributed by atoms with E-state index in [2.05, 4.69) is 25.6 Å². The first-order chi connectivity index (χ1) is 18.1. The summed E-state index contributed by atoms with van der Waals surface area (Å²) in [5.41, 5.74) is 9.23. The zero-order chi connectivity index (χ0) is 25.6. The Morgan fingerprint density at radius 2 is 1.81 bits per heavy atom. The molecule has 0 spiro atoms. The molecule has 2 aliphatic carbocycles. The highest BCUT2D eigenvalue weighted by atomic mass is 16.5. The third-order valence-corrected chi connectivity index (χ3v) is 10.1. The zero-order valence-corrected chi connectivity index (χ0v) is 23.1. The number of nitrogens with zero attached hydrogens (tertiary/aromatic N) is 3. The number of hydrogen-bond acceptors (Lipinski definition) is 8. The fourth-order valence-corrected chi connectivity index (χ4v) is 8.29. The second kappa shape index (κ2) is 13.4. The van der Waals surface area contributed by atoms with Gasteiger partial charge in [0.15, 0.2) is 0 Å². The van der Waals surface area contributed by atoms with E-state index in [9.17, 15) is 4.79 Å². The van der Waals surface area contributed by atoms with Crippen molar-refractivity contribution in [3.63, 3.8) is 0 Å². The molecule has 0 aromatic carbocycles. The van der Waals surface area contributed by atoms with Gasteiger partial charge in [-0.1, -0.05) is 19.3 Å². The lowest BCUT2D eigenvalue weighted by Crippen LogP contribution is -2.63. The number of ether oxygens (including phenoxy) is 2. The molecule has 1 amide bonds. The Bertz CT molecular complexity index is 722. The van der Waals surface area contributed by atoms with Gasteiger partial charge in [-0.25, -0.2) is 9.80 Å². The van der Waals surface area contributed by atoms with Crippen molar-refractivity contribution in [3.05, 3.63) is 0 Å². The summed E-state index contributed by atoms with van der Waals surface area (Å²) in [5.74, 6) is 0.789. The van der Waals surface area contributed by atoms with Gasteiger partial charge < -0.3 is 20.5 Å². The maximum absolute atomic E-state index is 11.3. The van der Waals surface area contributed by atoms with Crippen molar-refractivity contribution >= 4 is 6.09 Å². The lowest BCUT2D eigenvalue weighted by atomic mass is 9.74. The summed E-state index contributed by atoms with van der Waals surface area (Å²) in [4.78, 5) is 16.8. The highest BCUT2D eigenvalue weighted by Gasteiger charge is 2.44. The van der Waals surface area contributed by atoms with E-state index >= 15 is 0 Å². The Morgan fingerprint density at radius 1 is 0.946 bits per heavy atom. The molecule has 4 N–H and O–H groups in total. The molecule has 9 heteroatoms. The molecule has 3 saturated heterocycles. The quantitative estimate of drug-likeness (QED) is 0.449. The van der Waals surface area contributed by atoms with Gasteiger partial charge in [-0.2, -0.15) is 0 Å². The number of nitrogens with one attached hydrogen (secondary N) is 2. The minimum absolute atomic E-state index is 0.318. The lowest BCUT2D eigenvalue weighted by molar-refractivity contribution is -0.0493. The van der Waals surface area contributed by atoms with E-state index in [0.29, 0.717) is 42.9 Å². The summed E-state index contributed by atoms with van der Waals surface area (Å²) in [6.07, 6.45) is 14.6. The predicted molar refractivity (Wildman–Crippen MR) is 145 cm³/mol.